The maximum Gasteiger partial charge on any atom is 0.408 e. The van der Waals surface area contributed by atoms with Crippen molar-refractivity contribution in [2.75, 3.05) is 6.54 Å². The van der Waals surface area contributed by atoms with Crippen LogP contribution in [0.5, 0.6) is 0 Å². The minimum atomic E-state index is -0.727. The van der Waals surface area contributed by atoms with E-state index < -0.39 is 29.4 Å². The molecular weight excluding hydrogens is 276 g/mol. The molecule has 0 rings (SSSR count). The average molecular weight is 302 g/mol. The average Bonchev–Trinajstić information content (AvgIpc) is 2.22. The summed E-state index contributed by atoms with van der Waals surface area (Å²) in [5.41, 5.74) is -1.21. The van der Waals surface area contributed by atoms with Crippen LogP contribution in [0, 0.1) is 0 Å². The third kappa shape index (κ3) is 11.7. The zero-order valence-corrected chi connectivity index (χ0v) is 13.6. The molecule has 122 valence electrons. The first-order valence-electron chi connectivity index (χ1n) is 6.84. The molecule has 0 heterocycles. The van der Waals surface area contributed by atoms with Crippen LogP contribution in [0.2, 0.25) is 0 Å². The molecule has 2 N–H and O–H groups in total. The molecule has 0 aliphatic rings. The number of hydrogen-bond acceptors (Lipinski definition) is 5. The van der Waals surface area contributed by atoms with E-state index in [0.717, 1.165) is 0 Å². The van der Waals surface area contributed by atoms with Crippen molar-refractivity contribution in [1.29, 1.82) is 0 Å². The van der Waals surface area contributed by atoms with Gasteiger partial charge in [-0.3, -0.25) is 0 Å². The lowest BCUT2D eigenvalue weighted by Gasteiger charge is -2.22. The fraction of sp³-hybridized carbons (Fsp3) is 0.786. The van der Waals surface area contributed by atoms with Gasteiger partial charge >= 0.3 is 12.2 Å². The van der Waals surface area contributed by atoms with E-state index in [-0.39, 0.29) is 13.0 Å². The molecule has 21 heavy (non-hydrogen) atoms. The Morgan fingerprint density at radius 2 is 1.48 bits per heavy atom. The van der Waals surface area contributed by atoms with Gasteiger partial charge in [0.1, 0.15) is 17.5 Å². The van der Waals surface area contributed by atoms with Crippen LogP contribution in [0.4, 0.5) is 9.59 Å². The van der Waals surface area contributed by atoms with Crippen LogP contribution < -0.4 is 10.6 Å². The molecule has 2 amide bonds. The van der Waals surface area contributed by atoms with Crippen molar-refractivity contribution in [3.63, 3.8) is 0 Å². The summed E-state index contributed by atoms with van der Waals surface area (Å²) < 4.78 is 10.1. The molecule has 0 bridgehead atoms. The van der Waals surface area contributed by atoms with E-state index in [0.29, 0.717) is 6.29 Å². The van der Waals surface area contributed by atoms with Crippen molar-refractivity contribution in [1.82, 2.24) is 10.6 Å². The Morgan fingerprint density at radius 1 is 1.00 bits per heavy atom. The monoisotopic (exact) mass is 302 g/mol. The van der Waals surface area contributed by atoms with Crippen molar-refractivity contribution in [2.24, 2.45) is 0 Å². The Labute approximate surface area is 125 Å². The van der Waals surface area contributed by atoms with E-state index in [1.807, 2.05) is 0 Å². The summed E-state index contributed by atoms with van der Waals surface area (Å²) in [5.74, 6) is 0. The maximum absolute atomic E-state index is 11.5. The molecule has 7 nitrogen and oxygen atoms in total. The maximum atomic E-state index is 11.5. The SMILES string of the molecule is CC(C)(C)OC(=O)NCC[C@@H](C=O)NC(=O)OC(C)(C)C. The van der Waals surface area contributed by atoms with Crippen molar-refractivity contribution in [2.45, 2.75) is 65.2 Å². The number of nitrogens with one attached hydrogen (secondary N) is 2. The largest absolute Gasteiger partial charge is 0.444 e. The molecule has 0 aromatic rings. The van der Waals surface area contributed by atoms with Crippen molar-refractivity contribution >= 4 is 18.5 Å². The van der Waals surface area contributed by atoms with E-state index in [1.54, 1.807) is 41.5 Å². The summed E-state index contributed by atoms with van der Waals surface area (Å²) in [6.45, 7) is 10.7. The van der Waals surface area contributed by atoms with Gasteiger partial charge in [0.05, 0.1) is 6.04 Å². The number of alkyl carbamates (subject to hydrolysis) is 2. The second kappa shape index (κ2) is 7.85. The fourth-order valence-corrected chi connectivity index (χ4v) is 1.28. The smallest absolute Gasteiger partial charge is 0.408 e. The molecule has 0 unspecified atom stereocenters. The molecule has 0 spiro atoms. The van der Waals surface area contributed by atoms with Crippen LogP contribution in [0.1, 0.15) is 48.0 Å². The molecule has 7 heteroatoms. The number of carbonyl (C=O) groups is 3. The second-order valence-corrected chi connectivity index (χ2v) is 6.61. The van der Waals surface area contributed by atoms with Crippen molar-refractivity contribution in [3.8, 4) is 0 Å². The highest BCUT2D eigenvalue weighted by atomic mass is 16.6. The van der Waals surface area contributed by atoms with Gasteiger partial charge in [0.15, 0.2) is 0 Å². The summed E-state index contributed by atoms with van der Waals surface area (Å²) in [5, 5.41) is 4.94. The van der Waals surface area contributed by atoms with Crippen LogP contribution in [-0.4, -0.2) is 42.3 Å². The number of ether oxygens (including phenoxy) is 2. The first-order valence-corrected chi connectivity index (χ1v) is 6.84. The van der Waals surface area contributed by atoms with Gasteiger partial charge in [-0.15, -0.1) is 0 Å². The minimum absolute atomic E-state index is 0.202. The predicted molar refractivity (Wildman–Crippen MR) is 78.1 cm³/mol. The van der Waals surface area contributed by atoms with Crippen LogP contribution in [0.15, 0.2) is 0 Å². The fourth-order valence-electron chi connectivity index (χ4n) is 1.28. The third-order valence-corrected chi connectivity index (χ3v) is 1.99. The summed E-state index contributed by atoms with van der Waals surface area (Å²) in [4.78, 5) is 33.8. The topological polar surface area (TPSA) is 93.7 Å². The number of amides is 2. The first-order chi connectivity index (χ1) is 9.43. The molecule has 0 aliphatic heterocycles. The molecule has 1 atom stereocenters. The highest BCUT2D eigenvalue weighted by Crippen LogP contribution is 2.07. The zero-order valence-electron chi connectivity index (χ0n) is 13.6. The standard InChI is InChI=1S/C14H26N2O5/c1-13(2,3)20-11(18)15-8-7-10(9-17)16-12(19)21-14(4,5)6/h9-10H,7-8H2,1-6H3,(H,15,18)(H,16,19)/t10-/m0/s1. The Morgan fingerprint density at radius 3 is 1.90 bits per heavy atom. The quantitative estimate of drug-likeness (QED) is 0.757. The molecule has 0 aliphatic carbocycles. The Balaban J connectivity index is 4.09. The number of carbonyl (C=O) groups excluding carboxylic acids is 3. The Bertz CT molecular complexity index is 369. The normalized spacial score (nSPS) is 13.0. The lowest BCUT2D eigenvalue weighted by atomic mass is 10.2. The molecular formula is C14H26N2O5. The zero-order chi connectivity index (χ0) is 16.7. The minimum Gasteiger partial charge on any atom is -0.444 e. The number of hydrogen-bond donors (Lipinski definition) is 2. The lowest BCUT2D eigenvalue weighted by Crippen LogP contribution is -2.42. The summed E-state index contributed by atoms with van der Waals surface area (Å²) in [7, 11) is 0. The van der Waals surface area contributed by atoms with Crippen LogP contribution in [-0.2, 0) is 14.3 Å². The molecule has 0 aromatic heterocycles. The van der Waals surface area contributed by atoms with Gasteiger partial charge in [-0.1, -0.05) is 0 Å². The van der Waals surface area contributed by atoms with Gasteiger partial charge in [-0.2, -0.15) is 0 Å². The second-order valence-electron chi connectivity index (χ2n) is 6.61. The van der Waals surface area contributed by atoms with E-state index in [4.69, 9.17) is 9.47 Å². The van der Waals surface area contributed by atoms with Gasteiger partial charge in [0.2, 0.25) is 0 Å². The van der Waals surface area contributed by atoms with E-state index in [9.17, 15) is 14.4 Å². The van der Waals surface area contributed by atoms with Crippen LogP contribution in [0.25, 0.3) is 0 Å². The van der Waals surface area contributed by atoms with E-state index in [1.165, 1.54) is 0 Å². The summed E-state index contributed by atoms with van der Waals surface area (Å²) in [6.07, 6.45) is -0.385. The van der Waals surface area contributed by atoms with E-state index in [2.05, 4.69) is 10.6 Å². The van der Waals surface area contributed by atoms with Gasteiger partial charge < -0.3 is 24.9 Å². The first kappa shape index (κ1) is 19.2. The Hall–Kier alpha value is -1.79. The predicted octanol–water partition coefficient (Wildman–Crippen LogP) is 1.99. The highest BCUT2D eigenvalue weighted by Gasteiger charge is 2.20. The van der Waals surface area contributed by atoms with Crippen molar-refractivity contribution < 1.29 is 23.9 Å². The molecule has 0 saturated heterocycles. The van der Waals surface area contributed by atoms with Gasteiger partial charge in [-0.05, 0) is 48.0 Å². The van der Waals surface area contributed by atoms with E-state index >= 15 is 0 Å². The van der Waals surface area contributed by atoms with Crippen molar-refractivity contribution in [3.05, 3.63) is 0 Å². The summed E-state index contributed by atoms with van der Waals surface area (Å²) in [6, 6.07) is -0.727. The lowest BCUT2D eigenvalue weighted by molar-refractivity contribution is -0.109. The van der Waals surface area contributed by atoms with Gasteiger partial charge in [0.25, 0.3) is 0 Å². The molecule has 0 saturated carbocycles. The van der Waals surface area contributed by atoms with Crippen LogP contribution >= 0.6 is 0 Å². The molecule has 0 radical (unpaired) electrons. The Kier molecular flexibility index (Phi) is 7.18. The third-order valence-electron chi connectivity index (χ3n) is 1.99. The number of rotatable bonds is 5. The highest BCUT2D eigenvalue weighted by molar-refractivity contribution is 5.73. The molecule has 0 aromatic carbocycles. The van der Waals surface area contributed by atoms with Crippen LogP contribution in [0.3, 0.4) is 0 Å². The number of aldehydes is 1. The van der Waals surface area contributed by atoms with Gasteiger partial charge in [-0.25, -0.2) is 9.59 Å². The molecule has 0 fully saturated rings. The van der Waals surface area contributed by atoms with Gasteiger partial charge in [0, 0.05) is 6.54 Å². The summed E-state index contributed by atoms with van der Waals surface area (Å²) >= 11 is 0.